The molecule has 1 aliphatic rings. The van der Waals surface area contributed by atoms with Crippen LogP contribution in [-0.2, 0) is 15.4 Å². The van der Waals surface area contributed by atoms with Crippen LogP contribution in [0.5, 0.6) is 0 Å². The third kappa shape index (κ3) is 5.48. The standard InChI is InChI=1S/C22H37NO2S/c1-5-7-8-9-11-19-14-15-22(4,18(3)16-19)20-12-10-13-21(17-20)23-26(24,25)6-2/h10,12-13,17-19,23H,5-9,11,14-16H2,1-4H3. The Morgan fingerprint density at radius 2 is 1.96 bits per heavy atom. The second-order valence-electron chi connectivity index (χ2n) is 8.39. The minimum atomic E-state index is -3.23. The molecule has 3 atom stereocenters. The van der Waals surface area contributed by atoms with Gasteiger partial charge in [-0.25, -0.2) is 8.42 Å². The molecule has 0 radical (unpaired) electrons. The Morgan fingerprint density at radius 3 is 2.62 bits per heavy atom. The van der Waals surface area contributed by atoms with Crippen molar-refractivity contribution in [3.05, 3.63) is 29.8 Å². The van der Waals surface area contributed by atoms with Crippen molar-refractivity contribution in [1.29, 1.82) is 0 Å². The average molecular weight is 380 g/mol. The van der Waals surface area contributed by atoms with Crippen LogP contribution < -0.4 is 4.72 Å². The van der Waals surface area contributed by atoms with E-state index in [1.54, 1.807) is 6.92 Å². The van der Waals surface area contributed by atoms with Crippen LogP contribution in [0.4, 0.5) is 5.69 Å². The largest absolute Gasteiger partial charge is 0.284 e. The van der Waals surface area contributed by atoms with E-state index in [9.17, 15) is 8.42 Å². The fourth-order valence-electron chi connectivity index (χ4n) is 4.37. The summed E-state index contributed by atoms with van der Waals surface area (Å²) >= 11 is 0. The van der Waals surface area contributed by atoms with Gasteiger partial charge in [-0.2, -0.15) is 0 Å². The predicted molar refractivity (Wildman–Crippen MR) is 112 cm³/mol. The van der Waals surface area contributed by atoms with Crippen LogP contribution >= 0.6 is 0 Å². The van der Waals surface area contributed by atoms with Crippen LogP contribution in [0.2, 0.25) is 0 Å². The first-order valence-electron chi connectivity index (χ1n) is 10.4. The highest BCUT2D eigenvalue weighted by Gasteiger charge is 2.38. The van der Waals surface area contributed by atoms with Crippen molar-refractivity contribution in [2.45, 2.75) is 84.5 Å². The van der Waals surface area contributed by atoms with Gasteiger partial charge in [0, 0.05) is 5.69 Å². The number of hydrogen-bond donors (Lipinski definition) is 1. The number of nitrogens with one attached hydrogen (secondary N) is 1. The molecule has 26 heavy (non-hydrogen) atoms. The van der Waals surface area contributed by atoms with Gasteiger partial charge in [0.15, 0.2) is 0 Å². The van der Waals surface area contributed by atoms with Gasteiger partial charge in [-0.15, -0.1) is 0 Å². The Hall–Kier alpha value is -1.03. The molecule has 1 N–H and O–H groups in total. The molecule has 0 aliphatic heterocycles. The van der Waals surface area contributed by atoms with Crippen molar-refractivity contribution in [2.75, 3.05) is 10.5 Å². The second kappa shape index (κ2) is 9.25. The van der Waals surface area contributed by atoms with Gasteiger partial charge >= 0.3 is 0 Å². The molecule has 0 spiro atoms. The molecule has 0 aromatic heterocycles. The molecule has 0 heterocycles. The number of hydrogen-bond acceptors (Lipinski definition) is 2. The second-order valence-corrected chi connectivity index (χ2v) is 10.4. The normalized spacial score (nSPS) is 26.6. The molecule has 0 bridgehead atoms. The summed E-state index contributed by atoms with van der Waals surface area (Å²) in [6.45, 7) is 8.67. The first-order valence-corrected chi connectivity index (χ1v) is 12.1. The van der Waals surface area contributed by atoms with E-state index in [0.717, 1.165) is 5.92 Å². The summed E-state index contributed by atoms with van der Waals surface area (Å²) in [5, 5.41) is 0. The third-order valence-corrected chi connectivity index (χ3v) is 7.79. The molecule has 3 nitrogen and oxygen atoms in total. The van der Waals surface area contributed by atoms with Crippen molar-refractivity contribution in [1.82, 2.24) is 0 Å². The molecule has 2 rings (SSSR count). The zero-order chi connectivity index (χ0) is 19.2. The molecule has 0 saturated heterocycles. The Kier molecular flexibility index (Phi) is 7.57. The van der Waals surface area contributed by atoms with Gasteiger partial charge < -0.3 is 0 Å². The summed E-state index contributed by atoms with van der Waals surface area (Å²) in [5.41, 5.74) is 2.10. The maximum Gasteiger partial charge on any atom is 0.232 e. The van der Waals surface area contributed by atoms with E-state index < -0.39 is 10.0 Å². The quantitative estimate of drug-likeness (QED) is 0.526. The van der Waals surface area contributed by atoms with E-state index >= 15 is 0 Å². The Labute approximate surface area is 161 Å². The van der Waals surface area contributed by atoms with Crippen LogP contribution in [0.1, 0.15) is 84.6 Å². The van der Waals surface area contributed by atoms with E-state index in [-0.39, 0.29) is 11.2 Å². The summed E-state index contributed by atoms with van der Waals surface area (Å²) in [5.74, 6) is 1.58. The zero-order valence-electron chi connectivity index (χ0n) is 17.1. The van der Waals surface area contributed by atoms with Crippen molar-refractivity contribution in [3.8, 4) is 0 Å². The monoisotopic (exact) mass is 379 g/mol. The lowest BCUT2D eigenvalue weighted by atomic mass is 9.61. The number of unbranched alkanes of at least 4 members (excludes halogenated alkanes) is 3. The third-order valence-electron chi connectivity index (χ3n) is 6.49. The lowest BCUT2D eigenvalue weighted by Crippen LogP contribution is -2.36. The molecule has 3 unspecified atom stereocenters. The number of rotatable bonds is 9. The van der Waals surface area contributed by atoms with Crippen molar-refractivity contribution in [2.24, 2.45) is 11.8 Å². The molecule has 1 aliphatic carbocycles. The van der Waals surface area contributed by atoms with Crippen LogP contribution in [0.15, 0.2) is 24.3 Å². The Balaban J connectivity index is 2.04. The van der Waals surface area contributed by atoms with Crippen molar-refractivity contribution >= 4 is 15.7 Å². The van der Waals surface area contributed by atoms with Crippen LogP contribution in [0.3, 0.4) is 0 Å². The van der Waals surface area contributed by atoms with Crippen LogP contribution in [0.25, 0.3) is 0 Å². The van der Waals surface area contributed by atoms with Gasteiger partial charge in [0.05, 0.1) is 5.75 Å². The fourth-order valence-corrected chi connectivity index (χ4v) is 5.00. The van der Waals surface area contributed by atoms with Gasteiger partial charge in [0.25, 0.3) is 0 Å². The minimum absolute atomic E-state index is 0.102. The molecular weight excluding hydrogens is 342 g/mol. The Bertz CT molecular complexity index is 670. The number of anilines is 1. The maximum atomic E-state index is 11.9. The minimum Gasteiger partial charge on any atom is -0.284 e. The molecule has 1 aromatic rings. The Morgan fingerprint density at radius 1 is 1.19 bits per heavy atom. The summed E-state index contributed by atoms with van der Waals surface area (Å²) < 4.78 is 26.5. The highest BCUT2D eigenvalue weighted by molar-refractivity contribution is 7.92. The molecule has 1 saturated carbocycles. The average Bonchev–Trinajstić information content (AvgIpc) is 2.61. The summed E-state index contributed by atoms with van der Waals surface area (Å²) in [6.07, 6.45) is 10.5. The molecule has 148 valence electrons. The highest BCUT2D eigenvalue weighted by atomic mass is 32.2. The maximum absolute atomic E-state index is 11.9. The molecule has 1 aromatic carbocycles. The van der Waals surface area contributed by atoms with Gasteiger partial charge in [0.2, 0.25) is 10.0 Å². The molecule has 0 amide bonds. The van der Waals surface area contributed by atoms with Gasteiger partial charge in [-0.1, -0.05) is 65.0 Å². The lowest BCUT2D eigenvalue weighted by Gasteiger charge is -2.44. The topological polar surface area (TPSA) is 46.2 Å². The highest BCUT2D eigenvalue weighted by Crippen LogP contribution is 2.47. The smallest absolute Gasteiger partial charge is 0.232 e. The number of benzene rings is 1. The van der Waals surface area contributed by atoms with E-state index in [1.165, 1.54) is 56.9 Å². The van der Waals surface area contributed by atoms with E-state index in [1.807, 2.05) is 18.2 Å². The number of sulfonamides is 1. The van der Waals surface area contributed by atoms with Gasteiger partial charge in [-0.05, 0) is 61.1 Å². The summed E-state index contributed by atoms with van der Waals surface area (Å²) in [4.78, 5) is 0. The van der Waals surface area contributed by atoms with E-state index in [4.69, 9.17) is 0 Å². The van der Waals surface area contributed by atoms with E-state index in [0.29, 0.717) is 11.6 Å². The van der Waals surface area contributed by atoms with Crippen molar-refractivity contribution < 1.29 is 8.42 Å². The van der Waals surface area contributed by atoms with Crippen molar-refractivity contribution in [3.63, 3.8) is 0 Å². The first kappa shape index (κ1) is 21.3. The van der Waals surface area contributed by atoms with E-state index in [2.05, 4.69) is 31.6 Å². The lowest BCUT2D eigenvalue weighted by molar-refractivity contribution is 0.159. The SMILES string of the molecule is CCCCCCC1CCC(C)(c2cccc(NS(=O)(=O)CC)c2)C(C)C1. The molecule has 4 heteroatoms. The van der Waals surface area contributed by atoms with Gasteiger partial charge in [0.1, 0.15) is 0 Å². The molecular formula is C22H37NO2S. The first-order chi connectivity index (χ1) is 12.3. The van der Waals surface area contributed by atoms with Gasteiger partial charge in [-0.3, -0.25) is 4.72 Å². The predicted octanol–water partition coefficient (Wildman–Crippen LogP) is 6.11. The zero-order valence-corrected chi connectivity index (χ0v) is 17.9. The van der Waals surface area contributed by atoms with Crippen LogP contribution in [-0.4, -0.2) is 14.2 Å². The fraction of sp³-hybridized carbons (Fsp3) is 0.727. The summed E-state index contributed by atoms with van der Waals surface area (Å²) in [7, 11) is -3.23. The molecule has 1 fully saturated rings. The summed E-state index contributed by atoms with van der Waals surface area (Å²) in [6, 6.07) is 8.05. The van der Waals surface area contributed by atoms with Crippen LogP contribution in [0, 0.1) is 11.8 Å².